The Labute approximate surface area is 126 Å². The minimum absolute atomic E-state index is 0.00794. The molecule has 21 heavy (non-hydrogen) atoms. The highest BCUT2D eigenvalue weighted by Crippen LogP contribution is 2.31. The molecule has 2 heterocycles. The fourth-order valence-corrected chi connectivity index (χ4v) is 3.95. The molecule has 0 bridgehead atoms. The van der Waals surface area contributed by atoms with Gasteiger partial charge >= 0.3 is 6.03 Å². The van der Waals surface area contributed by atoms with Crippen molar-refractivity contribution in [2.75, 3.05) is 19.8 Å². The highest BCUT2D eigenvalue weighted by atomic mass is 16.5. The molecule has 3 fully saturated rings. The van der Waals surface area contributed by atoms with Crippen LogP contribution < -0.4 is 5.32 Å². The van der Waals surface area contributed by atoms with Crippen LogP contribution in [0.3, 0.4) is 0 Å². The predicted octanol–water partition coefficient (Wildman–Crippen LogP) is 2.10. The largest absolute Gasteiger partial charge is 0.379 e. The number of nitrogens with zero attached hydrogens (tertiary/aromatic N) is 1. The maximum absolute atomic E-state index is 12.6. The molecule has 1 N–H and O–H groups in total. The number of likely N-dealkylation sites (tertiary alicyclic amines) is 1. The van der Waals surface area contributed by atoms with Crippen molar-refractivity contribution in [2.45, 2.75) is 63.5 Å². The van der Waals surface area contributed by atoms with Crippen molar-refractivity contribution in [1.82, 2.24) is 10.2 Å². The second kappa shape index (κ2) is 6.77. The number of piperidine rings is 1. The second-order valence-electron chi connectivity index (χ2n) is 6.59. The number of ether oxygens (including phenoxy) is 1. The van der Waals surface area contributed by atoms with E-state index >= 15 is 0 Å². The number of nitrogens with one attached hydrogen (secondary N) is 1. The van der Waals surface area contributed by atoms with Gasteiger partial charge in [0.15, 0.2) is 0 Å². The number of rotatable bonds is 2. The monoisotopic (exact) mass is 294 g/mol. The van der Waals surface area contributed by atoms with Gasteiger partial charge in [-0.25, -0.2) is 4.79 Å². The van der Waals surface area contributed by atoms with Crippen LogP contribution in [0.2, 0.25) is 0 Å². The summed E-state index contributed by atoms with van der Waals surface area (Å²) in [4.78, 5) is 26.7. The number of hydrogen-bond acceptors (Lipinski definition) is 3. The molecule has 2 aliphatic heterocycles. The zero-order chi connectivity index (χ0) is 14.7. The van der Waals surface area contributed by atoms with Gasteiger partial charge in [-0.15, -0.1) is 0 Å². The molecule has 2 amide bonds. The summed E-state index contributed by atoms with van der Waals surface area (Å²) in [5.41, 5.74) is 0. The summed E-state index contributed by atoms with van der Waals surface area (Å²) >= 11 is 0. The normalized spacial score (nSPS) is 34.0. The lowest BCUT2D eigenvalue weighted by molar-refractivity contribution is -0.127. The van der Waals surface area contributed by atoms with Crippen molar-refractivity contribution in [3.05, 3.63) is 0 Å². The quantitative estimate of drug-likeness (QED) is 0.848. The first-order valence-corrected chi connectivity index (χ1v) is 8.43. The first-order chi connectivity index (χ1) is 10.3. The van der Waals surface area contributed by atoms with Crippen LogP contribution >= 0.6 is 0 Å². The van der Waals surface area contributed by atoms with Gasteiger partial charge in [-0.05, 0) is 38.5 Å². The molecule has 0 aromatic rings. The molecule has 5 heteroatoms. The predicted molar refractivity (Wildman–Crippen MR) is 79.1 cm³/mol. The van der Waals surface area contributed by atoms with Gasteiger partial charge in [-0.3, -0.25) is 4.79 Å². The van der Waals surface area contributed by atoms with Crippen molar-refractivity contribution in [2.24, 2.45) is 5.92 Å². The molecule has 3 atom stereocenters. The third-order valence-electron chi connectivity index (χ3n) is 5.13. The Balaban J connectivity index is 1.65. The Bertz CT molecular complexity index is 393. The van der Waals surface area contributed by atoms with Gasteiger partial charge in [0.2, 0.25) is 0 Å². The van der Waals surface area contributed by atoms with E-state index in [-0.39, 0.29) is 24.0 Å². The minimum atomic E-state index is 0.00794. The van der Waals surface area contributed by atoms with Crippen molar-refractivity contribution in [1.29, 1.82) is 0 Å². The summed E-state index contributed by atoms with van der Waals surface area (Å²) in [6.07, 6.45) is 7.85. The molecule has 0 aromatic carbocycles. The molecular formula is C16H26N2O3. The van der Waals surface area contributed by atoms with Crippen LogP contribution in [0, 0.1) is 5.92 Å². The van der Waals surface area contributed by atoms with E-state index in [1.807, 2.05) is 4.90 Å². The Kier molecular flexibility index (Phi) is 4.78. The number of carbonyl (C=O) groups excluding carboxylic acids is 2. The molecule has 1 aliphatic carbocycles. The van der Waals surface area contributed by atoms with Crippen molar-refractivity contribution < 1.29 is 14.3 Å². The zero-order valence-corrected chi connectivity index (χ0v) is 12.7. The molecule has 1 saturated carbocycles. The van der Waals surface area contributed by atoms with Gasteiger partial charge in [0.1, 0.15) is 5.78 Å². The fraction of sp³-hybridized carbons (Fsp3) is 0.875. The fourth-order valence-electron chi connectivity index (χ4n) is 3.95. The molecule has 118 valence electrons. The van der Waals surface area contributed by atoms with Crippen molar-refractivity contribution in [3.63, 3.8) is 0 Å². The highest BCUT2D eigenvalue weighted by molar-refractivity contribution is 5.83. The van der Waals surface area contributed by atoms with Gasteiger partial charge in [-0.1, -0.05) is 6.42 Å². The molecule has 0 aromatic heterocycles. The van der Waals surface area contributed by atoms with E-state index in [2.05, 4.69) is 5.32 Å². The average molecular weight is 294 g/mol. The van der Waals surface area contributed by atoms with Gasteiger partial charge in [-0.2, -0.15) is 0 Å². The summed E-state index contributed by atoms with van der Waals surface area (Å²) in [6.45, 7) is 2.13. The standard InChI is InChI=1S/C16H26N2O3/c19-15-7-2-1-5-13(15)14-6-3-4-9-18(14)16(20)17-12-8-10-21-11-12/h12-14H,1-11H2,(H,17,20). The Morgan fingerprint density at radius 2 is 2.00 bits per heavy atom. The van der Waals surface area contributed by atoms with Crippen LogP contribution in [0.25, 0.3) is 0 Å². The van der Waals surface area contributed by atoms with E-state index in [0.29, 0.717) is 18.8 Å². The first-order valence-electron chi connectivity index (χ1n) is 8.43. The maximum atomic E-state index is 12.6. The Morgan fingerprint density at radius 1 is 1.14 bits per heavy atom. The average Bonchev–Trinajstić information content (AvgIpc) is 3.01. The Morgan fingerprint density at radius 3 is 2.76 bits per heavy atom. The van der Waals surface area contributed by atoms with Crippen LogP contribution in [0.1, 0.15) is 51.4 Å². The summed E-state index contributed by atoms with van der Waals surface area (Å²) in [7, 11) is 0. The van der Waals surface area contributed by atoms with Crippen LogP contribution in [0.5, 0.6) is 0 Å². The molecule has 2 saturated heterocycles. The number of amides is 2. The van der Waals surface area contributed by atoms with Gasteiger partial charge in [0, 0.05) is 31.5 Å². The van der Waals surface area contributed by atoms with E-state index in [9.17, 15) is 9.59 Å². The zero-order valence-electron chi connectivity index (χ0n) is 12.7. The Hall–Kier alpha value is -1.10. The minimum Gasteiger partial charge on any atom is -0.379 e. The van der Waals surface area contributed by atoms with Crippen LogP contribution in [-0.4, -0.2) is 48.6 Å². The maximum Gasteiger partial charge on any atom is 0.317 e. The van der Waals surface area contributed by atoms with E-state index < -0.39 is 0 Å². The number of Topliss-reactive ketones (excluding diaryl/α,β-unsaturated/α-hetero) is 1. The van der Waals surface area contributed by atoms with E-state index in [1.165, 1.54) is 0 Å². The van der Waals surface area contributed by atoms with Crippen molar-refractivity contribution >= 4 is 11.8 Å². The molecular weight excluding hydrogens is 268 g/mol. The first kappa shape index (κ1) is 14.8. The molecule has 3 unspecified atom stereocenters. The lowest BCUT2D eigenvalue weighted by Gasteiger charge is -2.41. The summed E-state index contributed by atoms with van der Waals surface area (Å²) < 4.78 is 5.32. The highest BCUT2D eigenvalue weighted by Gasteiger charge is 2.38. The summed E-state index contributed by atoms with van der Waals surface area (Å²) in [6, 6.07) is 0.268. The lowest BCUT2D eigenvalue weighted by atomic mass is 9.79. The third kappa shape index (κ3) is 3.39. The van der Waals surface area contributed by atoms with Crippen molar-refractivity contribution in [3.8, 4) is 0 Å². The topological polar surface area (TPSA) is 58.6 Å². The van der Waals surface area contributed by atoms with Gasteiger partial charge < -0.3 is 15.0 Å². The summed E-state index contributed by atoms with van der Waals surface area (Å²) in [5, 5.41) is 3.08. The number of urea groups is 1. The molecule has 5 nitrogen and oxygen atoms in total. The van der Waals surface area contributed by atoms with Gasteiger partial charge in [0.05, 0.1) is 12.6 Å². The van der Waals surface area contributed by atoms with E-state index in [1.54, 1.807) is 0 Å². The lowest BCUT2D eigenvalue weighted by Crippen LogP contribution is -2.55. The molecule has 3 rings (SSSR count). The molecule has 3 aliphatic rings. The molecule has 0 spiro atoms. The van der Waals surface area contributed by atoms with Crippen LogP contribution in [-0.2, 0) is 9.53 Å². The van der Waals surface area contributed by atoms with Crippen LogP contribution in [0.4, 0.5) is 4.79 Å². The smallest absolute Gasteiger partial charge is 0.317 e. The second-order valence-corrected chi connectivity index (χ2v) is 6.59. The molecule has 0 radical (unpaired) electrons. The van der Waals surface area contributed by atoms with E-state index in [4.69, 9.17) is 4.74 Å². The SMILES string of the molecule is O=C1CCCCC1C1CCCCN1C(=O)NC1CCOC1. The van der Waals surface area contributed by atoms with Gasteiger partial charge in [0.25, 0.3) is 0 Å². The number of hydrogen-bond donors (Lipinski definition) is 1. The summed E-state index contributed by atoms with van der Waals surface area (Å²) in [5.74, 6) is 0.444. The third-order valence-corrected chi connectivity index (χ3v) is 5.13. The van der Waals surface area contributed by atoms with Crippen LogP contribution in [0.15, 0.2) is 0 Å². The number of ketones is 1. The van der Waals surface area contributed by atoms with E-state index in [0.717, 1.165) is 58.1 Å². The number of carbonyl (C=O) groups is 2.